The van der Waals surface area contributed by atoms with Crippen LogP contribution in [0.1, 0.15) is 22.3 Å². The van der Waals surface area contributed by atoms with Gasteiger partial charge < -0.3 is 5.32 Å². The zero-order valence-corrected chi connectivity index (χ0v) is 16.4. The van der Waals surface area contributed by atoms with E-state index < -0.39 is 21.7 Å². The first-order valence-electron chi connectivity index (χ1n) is 8.72. The molecule has 3 aromatic rings. The van der Waals surface area contributed by atoms with E-state index in [9.17, 15) is 17.6 Å². The molecule has 0 atom stereocenters. The average Bonchev–Trinajstić information content (AvgIpc) is 3.23. The predicted octanol–water partition coefficient (Wildman–Crippen LogP) is 4.28. The van der Waals surface area contributed by atoms with E-state index in [1.807, 2.05) is 0 Å². The molecule has 1 aromatic heterocycles. The summed E-state index contributed by atoms with van der Waals surface area (Å²) in [5.41, 5.74) is 1.91. The van der Waals surface area contributed by atoms with Gasteiger partial charge in [-0.15, -0.1) is 11.3 Å². The normalized spacial score (nSPS) is 13.8. The third-order valence-electron chi connectivity index (χ3n) is 4.57. The Labute approximate surface area is 166 Å². The second kappa shape index (κ2) is 7.37. The van der Waals surface area contributed by atoms with Crippen LogP contribution in [-0.2, 0) is 16.4 Å². The van der Waals surface area contributed by atoms with Gasteiger partial charge in [-0.3, -0.25) is 9.10 Å². The van der Waals surface area contributed by atoms with E-state index >= 15 is 0 Å². The number of benzene rings is 2. The number of sulfonamides is 1. The molecule has 0 spiro atoms. The molecule has 0 aliphatic carbocycles. The quantitative estimate of drug-likeness (QED) is 0.690. The molecule has 5 nitrogen and oxygen atoms in total. The minimum Gasteiger partial charge on any atom is -0.322 e. The van der Waals surface area contributed by atoms with Crippen LogP contribution in [0, 0.1) is 5.82 Å². The molecule has 1 aliphatic rings. The second-order valence-corrected chi connectivity index (χ2v) is 9.43. The molecule has 4 rings (SSSR count). The highest BCUT2D eigenvalue weighted by Gasteiger charge is 2.30. The molecule has 1 aliphatic heterocycles. The predicted molar refractivity (Wildman–Crippen MR) is 108 cm³/mol. The lowest BCUT2D eigenvalue weighted by Crippen LogP contribution is -2.35. The number of carbonyl (C=O) groups excluding carboxylic acids is 1. The van der Waals surface area contributed by atoms with Gasteiger partial charge in [-0.05, 0) is 60.2 Å². The summed E-state index contributed by atoms with van der Waals surface area (Å²) in [5.74, 6) is -1.14. The van der Waals surface area contributed by atoms with Gasteiger partial charge in [0.05, 0.1) is 11.3 Å². The molecule has 0 radical (unpaired) electrons. The first kappa shape index (κ1) is 18.6. The van der Waals surface area contributed by atoms with Crippen molar-refractivity contribution in [2.75, 3.05) is 16.2 Å². The number of hydrogen-bond acceptors (Lipinski definition) is 4. The number of nitrogens with zero attached hydrogens (tertiary/aromatic N) is 1. The fourth-order valence-electron chi connectivity index (χ4n) is 3.25. The van der Waals surface area contributed by atoms with Gasteiger partial charge in [0, 0.05) is 12.2 Å². The van der Waals surface area contributed by atoms with Gasteiger partial charge >= 0.3 is 0 Å². The molecule has 1 N–H and O–H groups in total. The lowest BCUT2D eigenvalue weighted by molar-refractivity contribution is 0.102. The van der Waals surface area contributed by atoms with Crippen molar-refractivity contribution in [1.29, 1.82) is 0 Å². The van der Waals surface area contributed by atoms with Crippen molar-refractivity contribution in [1.82, 2.24) is 0 Å². The molecule has 28 heavy (non-hydrogen) atoms. The molecular weight excluding hydrogens is 399 g/mol. The number of rotatable bonds is 4. The number of anilines is 2. The van der Waals surface area contributed by atoms with Gasteiger partial charge in [-0.2, -0.15) is 0 Å². The average molecular weight is 416 g/mol. The van der Waals surface area contributed by atoms with Crippen molar-refractivity contribution in [3.05, 3.63) is 76.9 Å². The van der Waals surface area contributed by atoms with Crippen molar-refractivity contribution >= 4 is 38.6 Å². The Hall–Kier alpha value is -2.71. The minimum atomic E-state index is -3.60. The highest BCUT2D eigenvalue weighted by atomic mass is 32.2. The minimum absolute atomic E-state index is 0.0397. The van der Waals surface area contributed by atoms with Gasteiger partial charge in [0.1, 0.15) is 10.0 Å². The SMILES string of the molecule is O=C(Nc1ccc2c(c1)CCCN2S(=O)(=O)c1cccs1)c1ccccc1F. The zero-order chi connectivity index (χ0) is 19.7. The maximum atomic E-state index is 13.8. The summed E-state index contributed by atoms with van der Waals surface area (Å²) in [4.78, 5) is 12.3. The van der Waals surface area contributed by atoms with Crippen molar-refractivity contribution in [2.24, 2.45) is 0 Å². The molecule has 2 aromatic carbocycles. The Morgan fingerprint density at radius 3 is 2.68 bits per heavy atom. The van der Waals surface area contributed by atoms with Crippen molar-refractivity contribution in [2.45, 2.75) is 17.1 Å². The topological polar surface area (TPSA) is 66.5 Å². The van der Waals surface area contributed by atoms with Crippen LogP contribution >= 0.6 is 11.3 Å². The number of halogens is 1. The molecule has 0 unspecified atom stereocenters. The fourth-order valence-corrected chi connectivity index (χ4v) is 5.90. The maximum absolute atomic E-state index is 13.8. The van der Waals surface area contributed by atoms with Crippen LogP contribution in [0.15, 0.2) is 64.2 Å². The number of aryl methyl sites for hydroxylation is 1. The van der Waals surface area contributed by atoms with E-state index in [2.05, 4.69) is 5.32 Å². The zero-order valence-electron chi connectivity index (χ0n) is 14.8. The van der Waals surface area contributed by atoms with Crippen LogP contribution < -0.4 is 9.62 Å². The van der Waals surface area contributed by atoms with Gasteiger partial charge in [0.25, 0.3) is 15.9 Å². The highest BCUT2D eigenvalue weighted by Crippen LogP contribution is 2.34. The van der Waals surface area contributed by atoms with Gasteiger partial charge in [0.2, 0.25) is 0 Å². The summed E-state index contributed by atoms with van der Waals surface area (Å²) in [5, 5.41) is 4.42. The summed E-state index contributed by atoms with van der Waals surface area (Å²) in [7, 11) is -3.60. The number of amides is 1. The number of thiophene rings is 1. The molecule has 0 fully saturated rings. The fraction of sp³-hybridized carbons (Fsp3) is 0.150. The Kier molecular flexibility index (Phi) is 4.91. The highest BCUT2D eigenvalue weighted by molar-refractivity contribution is 7.94. The van der Waals surface area contributed by atoms with E-state index in [0.717, 1.165) is 5.56 Å². The maximum Gasteiger partial charge on any atom is 0.273 e. The van der Waals surface area contributed by atoms with E-state index in [4.69, 9.17) is 0 Å². The van der Waals surface area contributed by atoms with Crippen LogP contribution in [-0.4, -0.2) is 20.9 Å². The van der Waals surface area contributed by atoms with Gasteiger partial charge in [-0.25, -0.2) is 12.8 Å². The van der Waals surface area contributed by atoms with E-state index in [0.29, 0.717) is 35.0 Å². The van der Waals surface area contributed by atoms with Crippen LogP contribution in [0.4, 0.5) is 15.8 Å². The standard InChI is InChI=1S/C20H17FN2O3S2/c21-17-7-2-1-6-16(17)20(24)22-15-9-10-18-14(13-15)5-3-11-23(18)28(25,26)19-8-4-12-27-19/h1-2,4,6-10,12-13H,3,5,11H2,(H,22,24). The smallest absolute Gasteiger partial charge is 0.273 e. The van der Waals surface area contributed by atoms with Crippen molar-refractivity contribution in [3.63, 3.8) is 0 Å². The van der Waals surface area contributed by atoms with E-state index in [1.165, 1.54) is 33.8 Å². The molecule has 0 bridgehead atoms. The monoisotopic (exact) mass is 416 g/mol. The van der Waals surface area contributed by atoms with Gasteiger partial charge in [0.15, 0.2) is 0 Å². The summed E-state index contributed by atoms with van der Waals surface area (Å²) in [6.45, 7) is 0.411. The third-order valence-corrected chi connectivity index (χ3v) is 7.76. The lowest BCUT2D eigenvalue weighted by atomic mass is 10.0. The largest absolute Gasteiger partial charge is 0.322 e. The number of nitrogens with one attached hydrogen (secondary N) is 1. The molecule has 2 heterocycles. The van der Waals surface area contributed by atoms with Crippen LogP contribution in [0.5, 0.6) is 0 Å². The summed E-state index contributed by atoms with van der Waals surface area (Å²) in [6, 6.07) is 14.2. The van der Waals surface area contributed by atoms with Crippen LogP contribution in [0.3, 0.4) is 0 Å². The van der Waals surface area contributed by atoms with Crippen molar-refractivity contribution in [3.8, 4) is 0 Å². The number of fused-ring (bicyclic) bond motifs is 1. The van der Waals surface area contributed by atoms with Crippen LogP contribution in [0.2, 0.25) is 0 Å². The second-order valence-electron chi connectivity index (χ2n) is 6.39. The van der Waals surface area contributed by atoms with E-state index in [-0.39, 0.29) is 5.56 Å². The first-order chi connectivity index (χ1) is 13.5. The Morgan fingerprint density at radius 1 is 1.11 bits per heavy atom. The van der Waals surface area contributed by atoms with Gasteiger partial charge in [-0.1, -0.05) is 18.2 Å². The Morgan fingerprint density at radius 2 is 1.93 bits per heavy atom. The third kappa shape index (κ3) is 3.41. The molecule has 1 amide bonds. The molecule has 0 saturated carbocycles. The molecule has 8 heteroatoms. The molecular formula is C20H17FN2O3S2. The Bertz CT molecular complexity index is 1130. The lowest BCUT2D eigenvalue weighted by Gasteiger charge is -2.30. The van der Waals surface area contributed by atoms with Crippen molar-refractivity contribution < 1.29 is 17.6 Å². The summed E-state index contributed by atoms with van der Waals surface area (Å²) in [6.07, 6.45) is 1.39. The van der Waals surface area contributed by atoms with Crippen LogP contribution in [0.25, 0.3) is 0 Å². The number of carbonyl (C=O) groups is 1. The summed E-state index contributed by atoms with van der Waals surface area (Å²) >= 11 is 1.19. The number of hydrogen-bond donors (Lipinski definition) is 1. The molecule has 0 saturated heterocycles. The first-order valence-corrected chi connectivity index (χ1v) is 11.0. The van der Waals surface area contributed by atoms with E-state index in [1.54, 1.807) is 41.8 Å². The Balaban J connectivity index is 1.62. The molecule has 144 valence electrons. The summed E-state index contributed by atoms with van der Waals surface area (Å²) < 4.78 is 41.4.